The predicted molar refractivity (Wildman–Crippen MR) is 124 cm³/mol. The topological polar surface area (TPSA) is 71.5 Å². The summed E-state index contributed by atoms with van der Waals surface area (Å²) in [5.41, 5.74) is 1.03. The highest BCUT2D eigenvalue weighted by Crippen LogP contribution is 2.27. The minimum atomic E-state index is 0. The molecular formula is C21H27IN6O. The summed E-state index contributed by atoms with van der Waals surface area (Å²) in [6.07, 6.45) is 8.66. The summed E-state index contributed by atoms with van der Waals surface area (Å²) in [4.78, 5) is 15.4. The highest BCUT2D eigenvalue weighted by molar-refractivity contribution is 14.0. The van der Waals surface area contributed by atoms with Crippen LogP contribution in [0.5, 0.6) is 0 Å². The highest BCUT2D eigenvalue weighted by atomic mass is 127. The number of oxazole rings is 1. The van der Waals surface area contributed by atoms with Crippen molar-refractivity contribution in [3.8, 4) is 11.3 Å². The van der Waals surface area contributed by atoms with Gasteiger partial charge in [-0.2, -0.15) is 0 Å². The van der Waals surface area contributed by atoms with Crippen molar-refractivity contribution in [2.45, 2.75) is 25.9 Å². The molecule has 2 atom stereocenters. The van der Waals surface area contributed by atoms with Crippen LogP contribution >= 0.6 is 24.0 Å². The van der Waals surface area contributed by atoms with Crippen molar-refractivity contribution in [1.82, 2.24) is 24.8 Å². The van der Waals surface area contributed by atoms with Crippen LogP contribution in [-0.4, -0.2) is 45.5 Å². The number of nitrogens with zero attached hydrogens (tertiary/aromatic N) is 5. The molecule has 0 radical (unpaired) electrons. The first-order valence-electron chi connectivity index (χ1n) is 9.67. The third-order valence-corrected chi connectivity index (χ3v) is 5.35. The van der Waals surface area contributed by atoms with Crippen LogP contribution in [0.4, 0.5) is 0 Å². The van der Waals surface area contributed by atoms with Gasteiger partial charge >= 0.3 is 0 Å². The summed E-state index contributed by atoms with van der Waals surface area (Å²) in [5.74, 6) is 2.90. The second kappa shape index (κ2) is 9.91. The third-order valence-electron chi connectivity index (χ3n) is 5.35. The maximum Gasteiger partial charge on any atom is 0.214 e. The van der Waals surface area contributed by atoms with E-state index in [9.17, 15) is 0 Å². The van der Waals surface area contributed by atoms with Gasteiger partial charge < -0.3 is 19.2 Å². The average Bonchev–Trinajstić information content (AvgIpc) is 3.42. The van der Waals surface area contributed by atoms with E-state index < -0.39 is 0 Å². The number of rotatable bonds is 4. The Balaban J connectivity index is 0.00000240. The molecule has 1 saturated heterocycles. The number of hydrogen-bond donors (Lipinski definition) is 1. The molecule has 7 nitrogen and oxygen atoms in total. The van der Waals surface area contributed by atoms with Crippen LogP contribution in [0.25, 0.3) is 11.3 Å². The number of halogens is 1. The predicted octanol–water partition coefficient (Wildman–Crippen LogP) is 3.81. The van der Waals surface area contributed by atoms with Gasteiger partial charge in [0.15, 0.2) is 11.7 Å². The monoisotopic (exact) mass is 506 g/mol. The fourth-order valence-electron chi connectivity index (χ4n) is 3.71. The number of aromatic nitrogens is 3. The van der Waals surface area contributed by atoms with E-state index in [0.717, 1.165) is 36.8 Å². The SMILES string of the molecule is CN=C(NCc1ncc(-c2ccccc2)o1)N1CCC(C)C(n2ccnc2)C1.I. The van der Waals surface area contributed by atoms with Gasteiger partial charge in [-0.1, -0.05) is 37.3 Å². The lowest BCUT2D eigenvalue weighted by molar-refractivity contribution is 0.188. The van der Waals surface area contributed by atoms with Crippen molar-refractivity contribution >= 4 is 29.9 Å². The van der Waals surface area contributed by atoms with Gasteiger partial charge in [0.05, 0.1) is 25.1 Å². The first kappa shape index (κ1) is 21.4. The number of hydrogen-bond acceptors (Lipinski definition) is 4. The molecule has 154 valence electrons. The molecule has 3 heterocycles. The molecule has 0 spiro atoms. The summed E-state index contributed by atoms with van der Waals surface area (Å²) in [6, 6.07) is 10.4. The molecule has 2 unspecified atom stereocenters. The normalized spacial score (nSPS) is 19.7. The number of aliphatic imine (C=N–C) groups is 1. The third kappa shape index (κ3) is 4.98. The van der Waals surface area contributed by atoms with E-state index in [1.807, 2.05) is 56.1 Å². The van der Waals surface area contributed by atoms with Gasteiger partial charge in [-0.3, -0.25) is 4.99 Å². The van der Waals surface area contributed by atoms with Crippen LogP contribution in [-0.2, 0) is 6.54 Å². The molecule has 1 fully saturated rings. The quantitative estimate of drug-likeness (QED) is 0.331. The Labute approximate surface area is 188 Å². The van der Waals surface area contributed by atoms with E-state index in [4.69, 9.17) is 4.42 Å². The second-order valence-corrected chi connectivity index (χ2v) is 7.17. The molecule has 0 saturated carbocycles. The molecule has 8 heteroatoms. The number of guanidine groups is 1. The van der Waals surface area contributed by atoms with E-state index in [-0.39, 0.29) is 24.0 Å². The number of imidazole rings is 1. The Kier molecular flexibility index (Phi) is 7.29. The van der Waals surface area contributed by atoms with Crippen LogP contribution < -0.4 is 5.32 Å². The minimum absolute atomic E-state index is 0. The Morgan fingerprint density at radius 1 is 1.31 bits per heavy atom. The van der Waals surface area contributed by atoms with Crippen LogP contribution in [0, 0.1) is 5.92 Å². The summed E-state index contributed by atoms with van der Waals surface area (Å²) in [6.45, 7) is 4.68. The molecule has 2 aromatic heterocycles. The lowest BCUT2D eigenvalue weighted by Gasteiger charge is -2.39. The van der Waals surface area contributed by atoms with Crippen molar-refractivity contribution in [2.75, 3.05) is 20.1 Å². The smallest absolute Gasteiger partial charge is 0.214 e. The van der Waals surface area contributed by atoms with E-state index in [0.29, 0.717) is 24.4 Å². The molecule has 0 aliphatic carbocycles. The van der Waals surface area contributed by atoms with Gasteiger partial charge in [-0.05, 0) is 12.3 Å². The summed E-state index contributed by atoms with van der Waals surface area (Å²) >= 11 is 0. The fourth-order valence-corrected chi connectivity index (χ4v) is 3.71. The molecule has 4 rings (SSSR count). The Morgan fingerprint density at radius 3 is 2.86 bits per heavy atom. The second-order valence-electron chi connectivity index (χ2n) is 7.17. The van der Waals surface area contributed by atoms with Crippen molar-refractivity contribution < 1.29 is 4.42 Å². The van der Waals surface area contributed by atoms with Gasteiger partial charge in [0.25, 0.3) is 0 Å². The van der Waals surface area contributed by atoms with Crippen LogP contribution in [0.1, 0.15) is 25.3 Å². The molecule has 0 bridgehead atoms. The largest absolute Gasteiger partial charge is 0.439 e. The minimum Gasteiger partial charge on any atom is -0.439 e. The van der Waals surface area contributed by atoms with Crippen LogP contribution in [0.3, 0.4) is 0 Å². The van der Waals surface area contributed by atoms with Crippen molar-refractivity contribution in [3.05, 3.63) is 61.1 Å². The fraction of sp³-hybridized carbons (Fsp3) is 0.381. The standard InChI is InChI=1S/C21H26N6O.HI/c1-16-8-10-26(14-18(16)27-11-9-23-15-27)21(22-2)25-13-20-24-12-19(28-20)17-6-4-3-5-7-17;/h3-7,9,11-12,15-16,18H,8,10,13-14H2,1-2H3,(H,22,25);1H. The molecule has 1 aromatic carbocycles. The molecular weight excluding hydrogens is 479 g/mol. The maximum absolute atomic E-state index is 5.89. The van der Waals surface area contributed by atoms with E-state index in [2.05, 4.69) is 36.7 Å². The molecule has 1 aliphatic rings. The lowest BCUT2D eigenvalue weighted by atomic mass is 9.93. The van der Waals surface area contributed by atoms with E-state index in [1.165, 1.54) is 0 Å². The first-order chi connectivity index (χ1) is 13.7. The van der Waals surface area contributed by atoms with Crippen LogP contribution in [0.15, 0.2) is 64.7 Å². The zero-order valence-corrected chi connectivity index (χ0v) is 19.1. The van der Waals surface area contributed by atoms with Gasteiger partial charge in [-0.15, -0.1) is 24.0 Å². The maximum atomic E-state index is 5.89. The summed E-state index contributed by atoms with van der Waals surface area (Å²) < 4.78 is 8.09. The Morgan fingerprint density at radius 2 is 2.14 bits per heavy atom. The Hall–Kier alpha value is -2.36. The number of nitrogens with one attached hydrogen (secondary N) is 1. The summed E-state index contributed by atoms with van der Waals surface area (Å²) in [7, 11) is 1.82. The zero-order valence-electron chi connectivity index (χ0n) is 16.7. The van der Waals surface area contributed by atoms with Crippen LogP contribution in [0.2, 0.25) is 0 Å². The van der Waals surface area contributed by atoms with E-state index in [1.54, 1.807) is 6.20 Å². The van der Waals surface area contributed by atoms with Gasteiger partial charge in [0, 0.05) is 38.1 Å². The average molecular weight is 506 g/mol. The van der Waals surface area contributed by atoms with Gasteiger partial charge in [0.2, 0.25) is 5.89 Å². The molecule has 29 heavy (non-hydrogen) atoms. The van der Waals surface area contributed by atoms with Gasteiger partial charge in [0.1, 0.15) is 0 Å². The van der Waals surface area contributed by atoms with E-state index >= 15 is 0 Å². The number of piperidine rings is 1. The van der Waals surface area contributed by atoms with Crippen molar-refractivity contribution in [2.24, 2.45) is 10.9 Å². The zero-order chi connectivity index (χ0) is 19.3. The molecule has 0 amide bonds. The van der Waals surface area contributed by atoms with Crippen molar-refractivity contribution in [1.29, 1.82) is 0 Å². The molecule has 3 aromatic rings. The van der Waals surface area contributed by atoms with Crippen molar-refractivity contribution in [3.63, 3.8) is 0 Å². The number of benzene rings is 1. The Bertz CT molecular complexity index is 908. The molecule has 1 aliphatic heterocycles. The highest BCUT2D eigenvalue weighted by Gasteiger charge is 2.29. The summed E-state index contributed by atoms with van der Waals surface area (Å²) in [5, 5.41) is 3.40. The number of likely N-dealkylation sites (tertiary alicyclic amines) is 1. The van der Waals surface area contributed by atoms with Gasteiger partial charge in [-0.25, -0.2) is 9.97 Å². The molecule has 1 N–H and O–H groups in total. The first-order valence-corrected chi connectivity index (χ1v) is 9.67. The lowest BCUT2D eigenvalue weighted by Crippen LogP contribution is -2.48.